The Kier molecular flexibility index (Phi) is 8.13. The summed E-state index contributed by atoms with van der Waals surface area (Å²) in [6.45, 7) is 11.4. The lowest BCUT2D eigenvalue weighted by atomic mass is 9.90. The van der Waals surface area contributed by atoms with Crippen LogP contribution < -0.4 is 10.2 Å². The predicted octanol–water partition coefficient (Wildman–Crippen LogP) is 3.41. The molecule has 1 aromatic heterocycles. The van der Waals surface area contributed by atoms with Crippen LogP contribution in [0, 0.1) is 0 Å². The molecule has 29 heavy (non-hydrogen) atoms. The Labute approximate surface area is 177 Å². The molecule has 2 heterocycles. The van der Waals surface area contributed by atoms with Gasteiger partial charge in [-0.2, -0.15) is 0 Å². The fourth-order valence-corrected chi connectivity index (χ4v) is 3.66. The summed E-state index contributed by atoms with van der Waals surface area (Å²) in [5, 5.41) is 3.79. The maximum absolute atomic E-state index is 12.1. The summed E-state index contributed by atoms with van der Waals surface area (Å²) in [6, 6.07) is 0. The van der Waals surface area contributed by atoms with Crippen molar-refractivity contribution in [1.82, 2.24) is 15.3 Å². The normalized spacial score (nSPS) is 16.2. The van der Waals surface area contributed by atoms with E-state index in [9.17, 15) is 9.59 Å². The highest BCUT2D eigenvalue weighted by molar-refractivity contribution is 7.99. The third kappa shape index (κ3) is 8.08. The van der Waals surface area contributed by atoms with Crippen molar-refractivity contribution in [2.75, 3.05) is 30.3 Å². The number of nitrogens with zero attached hydrogens (tertiary/aromatic N) is 3. The number of alkyl carbamates (subject to hydrolysis) is 1. The molecule has 0 saturated carbocycles. The summed E-state index contributed by atoms with van der Waals surface area (Å²) in [5.74, 6) is 1.24. The predicted molar refractivity (Wildman–Crippen MR) is 113 cm³/mol. The number of amides is 1. The van der Waals surface area contributed by atoms with Gasteiger partial charge in [-0.15, -0.1) is 11.8 Å². The number of nitrogens with one attached hydrogen (secondary N) is 1. The highest BCUT2D eigenvalue weighted by Crippen LogP contribution is 2.26. The summed E-state index contributed by atoms with van der Waals surface area (Å²) in [5.41, 5.74) is -0.804. The van der Waals surface area contributed by atoms with E-state index >= 15 is 0 Å². The maximum atomic E-state index is 12.1. The van der Waals surface area contributed by atoms with E-state index in [1.807, 2.05) is 27.7 Å². The van der Waals surface area contributed by atoms with Crippen LogP contribution in [-0.2, 0) is 14.3 Å². The first-order valence-corrected chi connectivity index (χ1v) is 11.0. The summed E-state index contributed by atoms with van der Waals surface area (Å²) in [6.07, 6.45) is 5.07. The second kappa shape index (κ2) is 10.1. The van der Waals surface area contributed by atoms with Gasteiger partial charge < -0.3 is 19.7 Å². The van der Waals surface area contributed by atoms with Gasteiger partial charge in [0.15, 0.2) is 0 Å². The van der Waals surface area contributed by atoms with Gasteiger partial charge >= 0.3 is 12.1 Å². The van der Waals surface area contributed by atoms with E-state index in [4.69, 9.17) is 9.47 Å². The average Bonchev–Trinajstić information content (AvgIpc) is 2.61. The topological polar surface area (TPSA) is 93.7 Å². The van der Waals surface area contributed by atoms with Crippen molar-refractivity contribution in [1.29, 1.82) is 0 Å². The molecule has 0 bridgehead atoms. The lowest BCUT2D eigenvalue weighted by Crippen LogP contribution is -2.54. The molecule has 1 fully saturated rings. The molecule has 0 aliphatic carbocycles. The monoisotopic (exact) mass is 424 g/mol. The van der Waals surface area contributed by atoms with Crippen LogP contribution >= 0.6 is 11.8 Å². The SMILES string of the molecule is CCOC(=O)CCSc1cnc(N2CCC(C)(NC(=O)OC(C)(C)C)CC2)cn1. The summed E-state index contributed by atoms with van der Waals surface area (Å²) in [4.78, 5) is 34.6. The number of hydrogen-bond acceptors (Lipinski definition) is 8. The molecule has 1 N–H and O–H groups in total. The van der Waals surface area contributed by atoms with Crippen LogP contribution in [0.1, 0.15) is 53.9 Å². The van der Waals surface area contributed by atoms with Gasteiger partial charge in [-0.25, -0.2) is 14.8 Å². The maximum Gasteiger partial charge on any atom is 0.408 e. The molecule has 2 rings (SSSR count). The van der Waals surface area contributed by atoms with Crippen LogP contribution in [0.25, 0.3) is 0 Å². The van der Waals surface area contributed by atoms with Crippen LogP contribution in [0.5, 0.6) is 0 Å². The first kappa shape index (κ1) is 23.3. The van der Waals surface area contributed by atoms with Gasteiger partial charge in [0.2, 0.25) is 0 Å². The van der Waals surface area contributed by atoms with Gasteiger partial charge in [-0.1, -0.05) is 0 Å². The fourth-order valence-electron chi connectivity index (χ4n) is 2.92. The zero-order chi connectivity index (χ0) is 21.5. The van der Waals surface area contributed by atoms with E-state index in [1.165, 1.54) is 11.8 Å². The number of carbonyl (C=O) groups is 2. The molecule has 1 saturated heterocycles. The van der Waals surface area contributed by atoms with Crippen molar-refractivity contribution in [3.05, 3.63) is 12.4 Å². The van der Waals surface area contributed by atoms with Gasteiger partial charge in [-0.05, 0) is 47.5 Å². The molecular weight excluding hydrogens is 392 g/mol. The largest absolute Gasteiger partial charge is 0.466 e. The number of anilines is 1. The standard InChI is InChI=1S/C20H32N4O4S/c1-6-27-17(25)7-12-29-16-14-21-15(13-22-16)24-10-8-20(5,9-11-24)23-18(26)28-19(2,3)4/h13-14H,6-12H2,1-5H3,(H,23,26). The molecule has 0 unspecified atom stereocenters. The second-order valence-corrected chi connectivity index (χ2v) is 9.41. The highest BCUT2D eigenvalue weighted by Gasteiger charge is 2.33. The van der Waals surface area contributed by atoms with Gasteiger partial charge in [0.1, 0.15) is 16.4 Å². The number of piperidine rings is 1. The van der Waals surface area contributed by atoms with E-state index in [1.54, 1.807) is 19.3 Å². The van der Waals surface area contributed by atoms with Crippen LogP contribution in [0.3, 0.4) is 0 Å². The molecule has 0 aromatic carbocycles. The summed E-state index contributed by atoms with van der Waals surface area (Å²) >= 11 is 1.49. The third-order valence-electron chi connectivity index (χ3n) is 4.47. The van der Waals surface area contributed by atoms with Crippen LogP contribution in [0.15, 0.2) is 17.4 Å². The van der Waals surface area contributed by atoms with E-state index < -0.39 is 5.60 Å². The Morgan fingerprint density at radius 3 is 2.48 bits per heavy atom. The molecule has 8 nitrogen and oxygen atoms in total. The lowest BCUT2D eigenvalue weighted by molar-refractivity contribution is -0.142. The number of hydrogen-bond donors (Lipinski definition) is 1. The van der Waals surface area contributed by atoms with E-state index in [2.05, 4.69) is 20.2 Å². The highest BCUT2D eigenvalue weighted by atomic mass is 32.2. The Balaban J connectivity index is 1.80. The minimum Gasteiger partial charge on any atom is -0.466 e. The first-order valence-electron chi connectivity index (χ1n) is 9.97. The molecule has 1 aliphatic rings. The quantitative estimate of drug-likeness (QED) is 0.526. The van der Waals surface area contributed by atoms with Gasteiger partial charge in [0, 0.05) is 24.4 Å². The van der Waals surface area contributed by atoms with Crippen molar-refractivity contribution >= 4 is 29.6 Å². The first-order chi connectivity index (χ1) is 13.6. The van der Waals surface area contributed by atoms with E-state index in [0.29, 0.717) is 18.8 Å². The summed E-state index contributed by atoms with van der Waals surface area (Å²) in [7, 11) is 0. The van der Waals surface area contributed by atoms with Gasteiger partial charge in [0.25, 0.3) is 0 Å². The third-order valence-corrected chi connectivity index (χ3v) is 5.38. The van der Waals surface area contributed by atoms with E-state index in [-0.39, 0.29) is 17.6 Å². The number of rotatable bonds is 7. The molecule has 0 spiro atoms. The van der Waals surface area contributed by atoms with Crippen molar-refractivity contribution in [3.8, 4) is 0 Å². The summed E-state index contributed by atoms with van der Waals surface area (Å²) < 4.78 is 10.3. The van der Waals surface area contributed by atoms with Gasteiger partial charge in [0.05, 0.1) is 25.4 Å². The minimum absolute atomic E-state index is 0.194. The lowest BCUT2D eigenvalue weighted by Gasteiger charge is -2.40. The molecule has 1 aromatic rings. The Bertz CT molecular complexity index is 683. The zero-order valence-corrected chi connectivity index (χ0v) is 18.8. The Morgan fingerprint density at radius 2 is 1.93 bits per heavy atom. The average molecular weight is 425 g/mol. The number of ether oxygens (including phenoxy) is 2. The Hall–Kier alpha value is -2.03. The van der Waals surface area contributed by atoms with Crippen molar-refractivity contribution in [2.24, 2.45) is 0 Å². The van der Waals surface area contributed by atoms with Crippen molar-refractivity contribution < 1.29 is 19.1 Å². The molecule has 9 heteroatoms. The molecular formula is C20H32N4O4S. The van der Waals surface area contributed by atoms with Crippen LogP contribution in [0.4, 0.5) is 10.6 Å². The number of thioether (sulfide) groups is 1. The van der Waals surface area contributed by atoms with Crippen LogP contribution in [-0.4, -0.2) is 58.6 Å². The Morgan fingerprint density at radius 1 is 1.24 bits per heavy atom. The van der Waals surface area contributed by atoms with Crippen molar-refractivity contribution in [2.45, 2.75) is 70.0 Å². The second-order valence-electron chi connectivity index (χ2n) is 8.29. The van der Waals surface area contributed by atoms with Crippen LogP contribution in [0.2, 0.25) is 0 Å². The number of carbonyl (C=O) groups excluding carboxylic acids is 2. The minimum atomic E-state index is -0.507. The smallest absolute Gasteiger partial charge is 0.408 e. The van der Waals surface area contributed by atoms with E-state index in [0.717, 1.165) is 36.8 Å². The van der Waals surface area contributed by atoms with Gasteiger partial charge in [-0.3, -0.25) is 4.79 Å². The number of esters is 1. The zero-order valence-electron chi connectivity index (χ0n) is 18.0. The number of aromatic nitrogens is 2. The molecule has 0 radical (unpaired) electrons. The molecule has 1 amide bonds. The fraction of sp³-hybridized carbons (Fsp3) is 0.700. The molecule has 1 aliphatic heterocycles. The van der Waals surface area contributed by atoms with Crippen molar-refractivity contribution in [3.63, 3.8) is 0 Å². The molecule has 0 atom stereocenters. The molecule has 162 valence electrons.